The number of hydrogen-bond acceptors (Lipinski definition) is 5. The van der Waals surface area contributed by atoms with Crippen molar-refractivity contribution < 1.29 is 18.0 Å². The normalized spacial score (nSPS) is 17.2. The summed E-state index contributed by atoms with van der Waals surface area (Å²) in [7, 11) is -0.541. The molecule has 0 aliphatic carbocycles. The van der Waals surface area contributed by atoms with Crippen LogP contribution in [0, 0.1) is 0 Å². The minimum Gasteiger partial charge on any atom is -0.352 e. The van der Waals surface area contributed by atoms with E-state index < -0.39 is 10.0 Å². The van der Waals surface area contributed by atoms with E-state index in [0.717, 1.165) is 24.2 Å². The Labute approximate surface area is 189 Å². The van der Waals surface area contributed by atoms with Crippen molar-refractivity contribution in [1.82, 2.24) is 24.1 Å². The van der Waals surface area contributed by atoms with E-state index in [9.17, 15) is 18.0 Å². The molecule has 1 aliphatic rings. The Morgan fingerprint density at radius 1 is 1.25 bits per heavy atom. The topological polar surface area (TPSA) is 105 Å². The number of piperidine rings is 1. The number of likely N-dealkylation sites (tertiary alicyclic amines) is 1. The van der Waals surface area contributed by atoms with Gasteiger partial charge in [0.2, 0.25) is 21.8 Å². The highest BCUT2D eigenvalue weighted by molar-refractivity contribution is 7.89. The summed E-state index contributed by atoms with van der Waals surface area (Å²) >= 11 is 0. The zero-order chi connectivity index (χ0) is 23.5. The van der Waals surface area contributed by atoms with Crippen LogP contribution in [0.15, 0.2) is 23.1 Å². The molecule has 1 fully saturated rings. The van der Waals surface area contributed by atoms with E-state index in [0.29, 0.717) is 44.4 Å². The first-order chi connectivity index (χ1) is 15.2. The maximum atomic E-state index is 12.8. The van der Waals surface area contributed by atoms with Gasteiger partial charge in [-0.2, -0.15) is 0 Å². The van der Waals surface area contributed by atoms with E-state index in [2.05, 4.69) is 10.3 Å². The SMILES string of the molecule is CCC(=O)NC1CCCN(C(=O)CCc2nc3cc(S(=O)(=O)N(C)C)ccc3n2CC)C1. The third-order valence-electron chi connectivity index (χ3n) is 5.92. The molecule has 2 amide bonds. The number of nitrogens with one attached hydrogen (secondary N) is 1. The Hall–Kier alpha value is -2.46. The van der Waals surface area contributed by atoms with Crippen molar-refractivity contribution in [2.75, 3.05) is 27.2 Å². The molecular formula is C22H33N5O4S. The Kier molecular flexibility index (Phi) is 7.55. The monoisotopic (exact) mass is 463 g/mol. The first-order valence-corrected chi connectivity index (χ1v) is 12.6. The van der Waals surface area contributed by atoms with Gasteiger partial charge in [0, 0.05) is 59.0 Å². The lowest BCUT2D eigenvalue weighted by molar-refractivity contribution is -0.133. The van der Waals surface area contributed by atoms with Gasteiger partial charge in [-0.15, -0.1) is 0 Å². The molecule has 1 aromatic carbocycles. The zero-order valence-electron chi connectivity index (χ0n) is 19.3. The highest BCUT2D eigenvalue weighted by Gasteiger charge is 2.25. The number of fused-ring (bicyclic) bond motifs is 1. The maximum Gasteiger partial charge on any atom is 0.242 e. The van der Waals surface area contributed by atoms with Crippen molar-refractivity contribution in [2.24, 2.45) is 0 Å². The molecule has 1 atom stereocenters. The van der Waals surface area contributed by atoms with Crippen molar-refractivity contribution in [3.63, 3.8) is 0 Å². The lowest BCUT2D eigenvalue weighted by atomic mass is 10.0. The van der Waals surface area contributed by atoms with Gasteiger partial charge in [-0.05, 0) is 38.0 Å². The molecule has 0 radical (unpaired) electrons. The molecule has 2 aromatic rings. The van der Waals surface area contributed by atoms with Crippen LogP contribution in [0.2, 0.25) is 0 Å². The van der Waals surface area contributed by atoms with Crippen LogP contribution in [0.5, 0.6) is 0 Å². The number of hydrogen-bond donors (Lipinski definition) is 1. The van der Waals surface area contributed by atoms with Crippen LogP contribution in [-0.4, -0.2) is 72.2 Å². The average Bonchev–Trinajstić information content (AvgIpc) is 3.14. The maximum absolute atomic E-state index is 12.8. The summed E-state index contributed by atoms with van der Waals surface area (Å²) in [5.41, 5.74) is 1.46. The molecule has 32 heavy (non-hydrogen) atoms. The molecule has 176 valence electrons. The third kappa shape index (κ3) is 5.12. The summed E-state index contributed by atoms with van der Waals surface area (Å²) in [6.45, 7) is 5.74. The Bertz CT molecular complexity index is 1090. The summed E-state index contributed by atoms with van der Waals surface area (Å²) < 4.78 is 28.1. The predicted octanol–water partition coefficient (Wildman–Crippen LogP) is 1.76. The summed E-state index contributed by atoms with van der Waals surface area (Å²) in [5.74, 6) is 0.825. The number of rotatable bonds is 8. The number of amides is 2. The molecule has 0 spiro atoms. The average molecular weight is 464 g/mol. The molecule has 1 aliphatic heterocycles. The van der Waals surface area contributed by atoms with E-state index >= 15 is 0 Å². The first-order valence-electron chi connectivity index (χ1n) is 11.2. The number of carbonyl (C=O) groups excluding carboxylic acids is 2. The minimum atomic E-state index is -3.54. The van der Waals surface area contributed by atoms with Crippen molar-refractivity contribution >= 4 is 32.9 Å². The van der Waals surface area contributed by atoms with E-state index in [1.54, 1.807) is 18.2 Å². The minimum absolute atomic E-state index is 0.0108. The second-order valence-electron chi connectivity index (χ2n) is 8.31. The second-order valence-corrected chi connectivity index (χ2v) is 10.5. The predicted molar refractivity (Wildman–Crippen MR) is 123 cm³/mol. The number of aryl methyl sites for hydroxylation is 2. The Morgan fingerprint density at radius 3 is 2.66 bits per heavy atom. The van der Waals surface area contributed by atoms with E-state index in [-0.39, 0.29) is 22.8 Å². The van der Waals surface area contributed by atoms with Crippen molar-refractivity contribution in [3.05, 3.63) is 24.0 Å². The highest BCUT2D eigenvalue weighted by Crippen LogP contribution is 2.23. The van der Waals surface area contributed by atoms with Gasteiger partial charge in [0.1, 0.15) is 5.82 Å². The van der Waals surface area contributed by atoms with Crippen LogP contribution in [-0.2, 0) is 32.6 Å². The Morgan fingerprint density at radius 2 is 2.00 bits per heavy atom. The molecule has 10 heteroatoms. The molecule has 0 bridgehead atoms. The summed E-state index contributed by atoms with van der Waals surface area (Å²) in [6, 6.07) is 4.98. The summed E-state index contributed by atoms with van der Waals surface area (Å²) in [4.78, 5) is 31.2. The number of aromatic nitrogens is 2. The van der Waals surface area contributed by atoms with Crippen molar-refractivity contribution in [1.29, 1.82) is 0 Å². The quantitative estimate of drug-likeness (QED) is 0.642. The van der Waals surface area contributed by atoms with Crippen LogP contribution in [0.25, 0.3) is 11.0 Å². The molecule has 1 N–H and O–H groups in total. The lowest BCUT2D eigenvalue weighted by Crippen LogP contribution is -2.49. The van der Waals surface area contributed by atoms with Gasteiger partial charge in [0.25, 0.3) is 0 Å². The van der Waals surface area contributed by atoms with Gasteiger partial charge in [-0.25, -0.2) is 17.7 Å². The first kappa shape index (κ1) is 24.2. The van der Waals surface area contributed by atoms with Crippen LogP contribution >= 0.6 is 0 Å². The van der Waals surface area contributed by atoms with Crippen LogP contribution in [0.4, 0.5) is 0 Å². The number of nitrogens with zero attached hydrogens (tertiary/aromatic N) is 4. The fraction of sp³-hybridized carbons (Fsp3) is 0.591. The molecule has 1 saturated heterocycles. The summed E-state index contributed by atoms with van der Waals surface area (Å²) in [5, 5.41) is 2.99. The number of benzene rings is 1. The van der Waals surface area contributed by atoms with Gasteiger partial charge in [0.05, 0.1) is 15.9 Å². The van der Waals surface area contributed by atoms with E-state index in [1.807, 2.05) is 23.3 Å². The molecule has 1 aromatic heterocycles. The number of carbonyl (C=O) groups is 2. The molecule has 0 saturated carbocycles. The van der Waals surface area contributed by atoms with Gasteiger partial charge >= 0.3 is 0 Å². The highest BCUT2D eigenvalue weighted by atomic mass is 32.2. The second kappa shape index (κ2) is 9.99. The third-order valence-corrected chi connectivity index (χ3v) is 7.73. The van der Waals surface area contributed by atoms with Gasteiger partial charge < -0.3 is 14.8 Å². The van der Waals surface area contributed by atoms with E-state index in [1.165, 1.54) is 18.4 Å². The fourth-order valence-corrected chi connectivity index (χ4v) is 5.02. The number of imidazole rings is 1. The van der Waals surface area contributed by atoms with E-state index in [4.69, 9.17) is 0 Å². The van der Waals surface area contributed by atoms with Gasteiger partial charge in [-0.1, -0.05) is 6.92 Å². The Balaban J connectivity index is 1.73. The molecule has 1 unspecified atom stereocenters. The lowest BCUT2D eigenvalue weighted by Gasteiger charge is -2.33. The summed E-state index contributed by atoms with van der Waals surface area (Å²) in [6.07, 6.45) is 2.99. The molecule has 2 heterocycles. The van der Waals surface area contributed by atoms with Crippen molar-refractivity contribution in [2.45, 2.75) is 63.4 Å². The van der Waals surface area contributed by atoms with Crippen LogP contribution in [0.1, 0.15) is 45.4 Å². The van der Waals surface area contributed by atoms with Crippen molar-refractivity contribution in [3.8, 4) is 0 Å². The van der Waals surface area contributed by atoms with Gasteiger partial charge in [-0.3, -0.25) is 9.59 Å². The van der Waals surface area contributed by atoms with Crippen LogP contribution < -0.4 is 5.32 Å². The number of sulfonamides is 1. The van der Waals surface area contributed by atoms with Crippen LogP contribution in [0.3, 0.4) is 0 Å². The fourth-order valence-electron chi connectivity index (χ4n) is 4.10. The zero-order valence-corrected chi connectivity index (χ0v) is 20.1. The molecule has 9 nitrogen and oxygen atoms in total. The smallest absolute Gasteiger partial charge is 0.242 e. The molecular weight excluding hydrogens is 430 g/mol. The largest absolute Gasteiger partial charge is 0.352 e. The standard InChI is InChI=1S/C22H33N5O4S/c1-5-21(28)23-16-8-7-13-26(15-16)22(29)12-11-20-24-18-14-17(32(30,31)25(3)4)9-10-19(18)27(20)6-2/h9-10,14,16H,5-8,11-13,15H2,1-4H3,(H,23,28). The van der Waals surface area contributed by atoms with Gasteiger partial charge in [0.15, 0.2) is 0 Å². The molecule has 3 rings (SSSR count).